The first-order chi connectivity index (χ1) is 9.29. The summed E-state index contributed by atoms with van der Waals surface area (Å²) in [7, 11) is 1.97. The molecular formula is C15H23N3O. The number of nitrogens with zero attached hydrogens (tertiary/aromatic N) is 2. The van der Waals surface area contributed by atoms with Crippen LogP contribution in [0.1, 0.15) is 30.5 Å². The Bertz CT molecular complexity index is 449. The molecule has 1 saturated carbocycles. The SMILES string of the molecule is CNCc1ccc(N2CCOC3CCCC32)nc1C. The molecule has 1 N–H and O–H groups in total. The molecular weight excluding hydrogens is 238 g/mol. The number of morpholine rings is 1. The summed E-state index contributed by atoms with van der Waals surface area (Å²) in [4.78, 5) is 7.26. The van der Waals surface area contributed by atoms with E-state index in [-0.39, 0.29) is 0 Å². The van der Waals surface area contributed by atoms with Crippen molar-refractivity contribution >= 4 is 5.82 Å². The van der Waals surface area contributed by atoms with Crippen molar-refractivity contribution in [3.63, 3.8) is 0 Å². The number of nitrogens with one attached hydrogen (secondary N) is 1. The Morgan fingerprint density at radius 3 is 3.11 bits per heavy atom. The Morgan fingerprint density at radius 1 is 1.42 bits per heavy atom. The van der Waals surface area contributed by atoms with Gasteiger partial charge in [-0.05, 0) is 44.9 Å². The van der Waals surface area contributed by atoms with Crippen molar-refractivity contribution < 1.29 is 4.74 Å². The van der Waals surface area contributed by atoms with Crippen molar-refractivity contribution in [2.45, 2.75) is 44.9 Å². The van der Waals surface area contributed by atoms with Gasteiger partial charge in [-0.2, -0.15) is 0 Å². The molecule has 0 spiro atoms. The second kappa shape index (κ2) is 5.47. The summed E-state index contributed by atoms with van der Waals surface area (Å²) in [5.41, 5.74) is 2.41. The number of hydrogen-bond acceptors (Lipinski definition) is 4. The van der Waals surface area contributed by atoms with E-state index in [1.807, 2.05) is 7.05 Å². The topological polar surface area (TPSA) is 37.4 Å². The van der Waals surface area contributed by atoms with Crippen molar-refractivity contribution in [2.24, 2.45) is 0 Å². The van der Waals surface area contributed by atoms with Gasteiger partial charge in [-0.25, -0.2) is 4.98 Å². The lowest BCUT2D eigenvalue weighted by molar-refractivity contribution is 0.0253. The van der Waals surface area contributed by atoms with Crippen molar-refractivity contribution in [1.29, 1.82) is 0 Å². The van der Waals surface area contributed by atoms with Crippen molar-refractivity contribution in [1.82, 2.24) is 10.3 Å². The molecule has 2 aliphatic rings. The van der Waals surface area contributed by atoms with E-state index >= 15 is 0 Å². The van der Waals surface area contributed by atoms with E-state index in [9.17, 15) is 0 Å². The molecule has 104 valence electrons. The fraction of sp³-hybridized carbons (Fsp3) is 0.667. The summed E-state index contributed by atoms with van der Waals surface area (Å²) in [6.07, 6.45) is 4.15. The van der Waals surface area contributed by atoms with Crippen molar-refractivity contribution in [3.8, 4) is 0 Å². The standard InChI is InChI=1S/C15H23N3O/c1-11-12(10-16-2)6-7-15(17-11)18-8-9-19-14-5-3-4-13(14)18/h6-7,13-14,16H,3-5,8-10H2,1-2H3. The highest BCUT2D eigenvalue weighted by atomic mass is 16.5. The zero-order valence-corrected chi connectivity index (χ0v) is 11.9. The number of rotatable bonds is 3. The van der Waals surface area contributed by atoms with E-state index in [2.05, 4.69) is 29.3 Å². The molecule has 0 bridgehead atoms. The molecule has 0 amide bonds. The van der Waals surface area contributed by atoms with Gasteiger partial charge in [0.15, 0.2) is 0 Å². The van der Waals surface area contributed by atoms with Crippen molar-refractivity contribution in [2.75, 3.05) is 25.1 Å². The molecule has 2 unspecified atom stereocenters. The maximum Gasteiger partial charge on any atom is 0.129 e. The van der Waals surface area contributed by atoms with E-state index < -0.39 is 0 Å². The minimum Gasteiger partial charge on any atom is -0.374 e. The lowest BCUT2D eigenvalue weighted by Crippen LogP contribution is -2.49. The minimum absolute atomic E-state index is 0.424. The van der Waals surface area contributed by atoms with Crippen LogP contribution in [0.15, 0.2) is 12.1 Å². The summed E-state index contributed by atoms with van der Waals surface area (Å²) in [5, 5.41) is 3.19. The van der Waals surface area contributed by atoms with Crippen LogP contribution in [0.3, 0.4) is 0 Å². The van der Waals surface area contributed by atoms with Gasteiger partial charge in [0.2, 0.25) is 0 Å². The fourth-order valence-corrected chi connectivity index (χ4v) is 3.32. The first-order valence-corrected chi connectivity index (χ1v) is 7.29. The molecule has 3 rings (SSSR count). The van der Waals surface area contributed by atoms with Gasteiger partial charge in [-0.1, -0.05) is 6.07 Å². The number of ether oxygens (including phenoxy) is 1. The molecule has 4 heteroatoms. The molecule has 2 atom stereocenters. The van der Waals surface area contributed by atoms with Crippen LogP contribution < -0.4 is 10.2 Å². The zero-order valence-electron chi connectivity index (χ0n) is 11.9. The van der Waals surface area contributed by atoms with Crippen LogP contribution in [-0.2, 0) is 11.3 Å². The fourth-order valence-electron chi connectivity index (χ4n) is 3.32. The Kier molecular flexibility index (Phi) is 3.71. The largest absolute Gasteiger partial charge is 0.374 e. The van der Waals surface area contributed by atoms with Crippen LogP contribution in [0.4, 0.5) is 5.82 Å². The second-order valence-electron chi connectivity index (χ2n) is 5.55. The molecule has 1 aromatic heterocycles. The van der Waals surface area contributed by atoms with Gasteiger partial charge in [0.1, 0.15) is 5.82 Å². The lowest BCUT2D eigenvalue weighted by atomic mass is 10.1. The molecule has 0 aromatic carbocycles. The molecule has 0 radical (unpaired) electrons. The van der Waals surface area contributed by atoms with Gasteiger partial charge in [0.25, 0.3) is 0 Å². The molecule has 2 heterocycles. The maximum absolute atomic E-state index is 5.87. The molecule has 2 fully saturated rings. The number of fused-ring (bicyclic) bond motifs is 1. The summed E-state index contributed by atoms with van der Waals surface area (Å²) in [6, 6.07) is 4.91. The predicted molar refractivity (Wildman–Crippen MR) is 76.5 cm³/mol. The van der Waals surface area contributed by atoms with Crippen LogP contribution in [0.5, 0.6) is 0 Å². The summed E-state index contributed by atoms with van der Waals surface area (Å²) in [6.45, 7) is 4.79. The first-order valence-electron chi connectivity index (χ1n) is 7.29. The quantitative estimate of drug-likeness (QED) is 0.901. The highest BCUT2D eigenvalue weighted by Gasteiger charge is 2.36. The van der Waals surface area contributed by atoms with E-state index in [1.54, 1.807) is 0 Å². The van der Waals surface area contributed by atoms with Crippen LogP contribution in [0, 0.1) is 6.92 Å². The molecule has 1 saturated heterocycles. The van der Waals surface area contributed by atoms with Gasteiger partial charge in [-0.15, -0.1) is 0 Å². The third-order valence-electron chi connectivity index (χ3n) is 4.32. The van der Waals surface area contributed by atoms with Crippen LogP contribution in [-0.4, -0.2) is 37.3 Å². The van der Waals surface area contributed by atoms with Crippen LogP contribution in [0.25, 0.3) is 0 Å². The second-order valence-corrected chi connectivity index (χ2v) is 5.55. The smallest absolute Gasteiger partial charge is 0.129 e. The van der Waals surface area contributed by atoms with Crippen molar-refractivity contribution in [3.05, 3.63) is 23.4 Å². The molecule has 1 aliphatic heterocycles. The molecule has 1 aromatic rings. The first kappa shape index (κ1) is 12.9. The number of hydrogen-bond donors (Lipinski definition) is 1. The highest BCUT2D eigenvalue weighted by Crippen LogP contribution is 2.32. The van der Waals surface area contributed by atoms with Crippen LogP contribution >= 0.6 is 0 Å². The average Bonchev–Trinajstić information content (AvgIpc) is 2.89. The Balaban J connectivity index is 1.83. The number of aryl methyl sites for hydroxylation is 1. The third kappa shape index (κ3) is 2.47. The summed E-state index contributed by atoms with van der Waals surface area (Å²) < 4.78 is 5.87. The van der Waals surface area contributed by atoms with E-state index in [1.165, 1.54) is 24.8 Å². The van der Waals surface area contributed by atoms with Gasteiger partial charge in [0.05, 0.1) is 18.8 Å². The Hall–Kier alpha value is -1.13. The Morgan fingerprint density at radius 2 is 2.32 bits per heavy atom. The summed E-state index contributed by atoms with van der Waals surface area (Å²) >= 11 is 0. The normalized spacial score (nSPS) is 26.5. The van der Waals surface area contributed by atoms with E-state index in [0.717, 1.165) is 31.2 Å². The number of pyridine rings is 1. The van der Waals surface area contributed by atoms with Gasteiger partial charge >= 0.3 is 0 Å². The van der Waals surface area contributed by atoms with E-state index in [0.29, 0.717) is 12.1 Å². The zero-order chi connectivity index (χ0) is 13.2. The number of aromatic nitrogens is 1. The molecule has 19 heavy (non-hydrogen) atoms. The van der Waals surface area contributed by atoms with E-state index in [4.69, 9.17) is 9.72 Å². The van der Waals surface area contributed by atoms with Gasteiger partial charge < -0.3 is 15.0 Å². The monoisotopic (exact) mass is 261 g/mol. The Labute approximate surface area is 115 Å². The maximum atomic E-state index is 5.87. The lowest BCUT2D eigenvalue weighted by Gasteiger charge is -2.38. The molecule has 4 nitrogen and oxygen atoms in total. The third-order valence-corrected chi connectivity index (χ3v) is 4.32. The predicted octanol–water partition coefficient (Wildman–Crippen LogP) is 1.87. The average molecular weight is 261 g/mol. The molecule has 1 aliphatic carbocycles. The highest BCUT2D eigenvalue weighted by molar-refractivity contribution is 5.44. The number of anilines is 1. The van der Waals surface area contributed by atoms with Gasteiger partial charge in [0, 0.05) is 18.8 Å². The minimum atomic E-state index is 0.424. The summed E-state index contributed by atoms with van der Waals surface area (Å²) in [5.74, 6) is 1.12. The van der Waals surface area contributed by atoms with Crippen LogP contribution in [0.2, 0.25) is 0 Å². The van der Waals surface area contributed by atoms with Gasteiger partial charge in [-0.3, -0.25) is 0 Å².